The maximum atomic E-state index is 10.1. The topological polar surface area (TPSA) is 224 Å². The van der Waals surface area contributed by atoms with Gasteiger partial charge in [0.2, 0.25) is 0 Å². The minimum absolute atomic E-state index is 0.181. The van der Waals surface area contributed by atoms with Crippen molar-refractivity contribution in [3.8, 4) is 11.5 Å². The summed E-state index contributed by atoms with van der Waals surface area (Å²) >= 11 is 0. The standard InChI is InChI=1S/2C14H22N2O.C6H10O8/c2*1-11(2)17-14-8-13(9-16-10-14)7-5-6-12(3)15-4;7-1(3(9)5(11)12)2(8)4(10)6(13)14/h2*5,7-12,15H,6H2,1-4H3;1-4,7-10H,(H,11,12)(H,13,14)/b2*7-5+;/t2*12-;1-,2+,3+,4-/m11./s1. The summed E-state index contributed by atoms with van der Waals surface area (Å²) in [5.41, 5.74) is 2.15. The van der Waals surface area contributed by atoms with Crippen molar-refractivity contribution >= 4 is 24.1 Å². The zero-order valence-electron chi connectivity index (χ0n) is 29.0. The molecule has 0 spiro atoms. The van der Waals surface area contributed by atoms with E-state index < -0.39 is 36.4 Å². The number of carboxylic acids is 2. The van der Waals surface area contributed by atoms with Crippen molar-refractivity contribution in [2.45, 2.75) is 103 Å². The summed E-state index contributed by atoms with van der Waals surface area (Å²) in [7, 11) is 3.94. The van der Waals surface area contributed by atoms with Crippen molar-refractivity contribution < 1.29 is 49.7 Å². The van der Waals surface area contributed by atoms with Gasteiger partial charge in [-0.05, 0) is 91.7 Å². The Labute approximate surface area is 283 Å². The number of hydrogen-bond acceptors (Lipinski definition) is 12. The van der Waals surface area contributed by atoms with Gasteiger partial charge >= 0.3 is 11.9 Å². The summed E-state index contributed by atoms with van der Waals surface area (Å²) in [4.78, 5) is 28.5. The average Bonchev–Trinajstić information content (AvgIpc) is 3.03. The molecule has 0 aliphatic heterocycles. The molecule has 48 heavy (non-hydrogen) atoms. The van der Waals surface area contributed by atoms with Gasteiger partial charge in [0.15, 0.2) is 12.2 Å². The molecule has 2 heterocycles. The van der Waals surface area contributed by atoms with E-state index >= 15 is 0 Å². The Hall–Kier alpha value is -3.92. The predicted octanol–water partition coefficient (Wildman–Crippen LogP) is 2.36. The molecule has 14 heteroatoms. The number of pyridine rings is 2. The molecule has 0 aliphatic rings. The van der Waals surface area contributed by atoms with Crippen LogP contribution < -0.4 is 20.1 Å². The lowest BCUT2D eigenvalue weighted by molar-refractivity contribution is -0.172. The van der Waals surface area contributed by atoms with Crippen LogP contribution in [-0.4, -0.2) is 115 Å². The van der Waals surface area contributed by atoms with E-state index in [4.69, 9.17) is 40.1 Å². The highest BCUT2D eigenvalue weighted by Crippen LogP contribution is 2.15. The fourth-order valence-electron chi connectivity index (χ4n) is 3.44. The van der Waals surface area contributed by atoms with Gasteiger partial charge in [0.05, 0.1) is 24.6 Å². The number of aliphatic hydroxyl groups excluding tert-OH is 4. The Kier molecular flexibility index (Phi) is 22.3. The number of carboxylic acid groups (broad SMARTS) is 2. The van der Waals surface area contributed by atoms with Crippen molar-refractivity contribution in [1.29, 1.82) is 0 Å². The Morgan fingerprint density at radius 1 is 0.667 bits per heavy atom. The summed E-state index contributed by atoms with van der Waals surface area (Å²) in [5, 5.41) is 57.8. The number of aliphatic hydroxyl groups is 4. The van der Waals surface area contributed by atoms with Gasteiger partial charge in [-0.15, -0.1) is 0 Å². The van der Waals surface area contributed by atoms with Gasteiger partial charge in [0.25, 0.3) is 0 Å². The molecule has 0 aliphatic carbocycles. The molecule has 0 saturated heterocycles. The Morgan fingerprint density at radius 2 is 1.00 bits per heavy atom. The molecule has 0 bridgehead atoms. The van der Waals surface area contributed by atoms with Crippen molar-refractivity contribution in [2.75, 3.05) is 14.1 Å². The van der Waals surface area contributed by atoms with Crippen LogP contribution in [0.5, 0.6) is 11.5 Å². The first-order valence-electron chi connectivity index (χ1n) is 15.6. The Morgan fingerprint density at radius 3 is 1.27 bits per heavy atom. The smallest absolute Gasteiger partial charge is 0.335 e. The molecule has 0 fully saturated rings. The second kappa shape index (κ2) is 24.3. The van der Waals surface area contributed by atoms with Gasteiger partial charge in [-0.2, -0.15) is 0 Å². The predicted molar refractivity (Wildman–Crippen MR) is 184 cm³/mol. The van der Waals surface area contributed by atoms with Crippen molar-refractivity contribution in [3.63, 3.8) is 0 Å². The van der Waals surface area contributed by atoms with E-state index in [9.17, 15) is 9.59 Å². The van der Waals surface area contributed by atoms with E-state index in [1.807, 2.05) is 66.3 Å². The number of aromatic nitrogens is 2. The number of carbonyl (C=O) groups is 2. The summed E-state index contributed by atoms with van der Waals surface area (Å²) in [6.45, 7) is 12.4. The summed E-state index contributed by atoms with van der Waals surface area (Å²) in [6.07, 6.45) is 8.72. The van der Waals surface area contributed by atoms with Crippen LogP contribution in [0.2, 0.25) is 0 Å². The number of ether oxygens (including phenoxy) is 2. The van der Waals surface area contributed by atoms with E-state index in [0.717, 1.165) is 35.5 Å². The third-order valence-electron chi connectivity index (χ3n) is 6.30. The lowest BCUT2D eigenvalue weighted by Crippen LogP contribution is -2.49. The zero-order chi connectivity index (χ0) is 36.8. The van der Waals surface area contributed by atoms with Gasteiger partial charge in [0.1, 0.15) is 23.7 Å². The highest BCUT2D eigenvalue weighted by Gasteiger charge is 2.37. The quantitative estimate of drug-likeness (QED) is 0.120. The summed E-state index contributed by atoms with van der Waals surface area (Å²) in [5.74, 6) is -2.03. The fourth-order valence-corrected chi connectivity index (χ4v) is 3.44. The number of hydrogen-bond donors (Lipinski definition) is 8. The number of nitrogens with zero attached hydrogens (tertiary/aromatic N) is 2. The minimum atomic E-state index is -2.36. The minimum Gasteiger partial charge on any atom is -0.489 e. The first kappa shape index (κ1) is 44.1. The van der Waals surface area contributed by atoms with Gasteiger partial charge in [0, 0.05) is 24.5 Å². The molecule has 2 rings (SSSR count). The van der Waals surface area contributed by atoms with Crippen LogP contribution in [-0.2, 0) is 9.59 Å². The first-order valence-corrected chi connectivity index (χ1v) is 15.6. The number of nitrogens with one attached hydrogen (secondary N) is 2. The third-order valence-corrected chi connectivity index (χ3v) is 6.30. The van der Waals surface area contributed by atoms with Crippen molar-refractivity contribution in [3.05, 3.63) is 60.2 Å². The molecule has 0 unspecified atom stereocenters. The molecule has 0 radical (unpaired) electrons. The highest BCUT2D eigenvalue weighted by atomic mass is 16.5. The second-order valence-corrected chi connectivity index (χ2v) is 11.4. The summed E-state index contributed by atoms with van der Waals surface area (Å²) < 4.78 is 11.2. The Balaban J connectivity index is 0.000000695. The zero-order valence-corrected chi connectivity index (χ0v) is 29.0. The maximum absolute atomic E-state index is 10.1. The second-order valence-electron chi connectivity index (χ2n) is 11.4. The lowest BCUT2D eigenvalue weighted by Gasteiger charge is -2.21. The molecule has 14 nitrogen and oxygen atoms in total. The van der Waals surface area contributed by atoms with Crippen LogP contribution >= 0.6 is 0 Å². The van der Waals surface area contributed by atoms with E-state index in [1.54, 1.807) is 12.4 Å². The van der Waals surface area contributed by atoms with Gasteiger partial charge in [-0.3, -0.25) is 9.97 Å². The third kappa shape index (κ3) is 19.7. The van der Waals surface area contributed by atoms with Crippen LogP contribution in [0.3, 0.4) is 0 Å². The molecule has 0 saturated carbocycles. The highest BCUT2D eigenvalue weighted by molar-refractivity contribution is 5.75. The number of aliphatic carboxylic acids is 2. The van der Waals surface area contributed by atoms with E-state index in [0.29, 0.717) is 12.1 Å². The lowest BCUT2D eigenvalue weighted by atomic mass is 10.0. The van der Waals surface area contributed by atoms with Gasteiger partial charge < -0.3 is 50.7 Å². The molecule has 0 aromatic carbocycles. The SMILES string of the molecule is CN[C@H](C)C/C=C/c1cncc(OC(C)C)c1.CN[C@H](C)C/C=C/c1cncc(OC(C)C)c1.O=C(O)[C@@H](O)[C@H](O)[C@H](O)[C@@H](O)C(=O)O. The Bertz CT molecular complexity index is 1160. The normalized spacial score (nSPS) is 15.0. The van der Waals surface area contributed by atoms with Crippen LogP contribution in [0.1, 0.15) is 65.5 Å². The fraction of sp³-hybridized carbons (Fsp3) is 0.529. The van der Waals surface area contributed by atoms with Crippen LogP contribution in [0.4, 0.5) is 0 Å². The summed E-state index contributed by atoms with van der Waals surface area (Å²) in [6, 6.07) is 5.00. The van der Waals surface area contributed by atoms with Crippen LogP contribution in [0, 0.1) is 0 Å². The van der Waals surface area contributed by atoms with E-state index in [2.05, 4.69) is 58.8 Å². The monoisotopic (exact) mass is 678 g/mol. The van der Waals surface area contributed by atoms with Gasteiger partial charge in [-0.1, -0.05) is 24.3 Å². The molecular weight excluding hydrogens is 624 g/mol. The molecule has 270 valence electrons. The largest absolute Gasteiger partial charge is 0.489 e. The van der Waals surface area contributed by atoms with Crippen molar-refractivity contribution in [2.24, 2.45) is 0 Å². The average molecular weight is 679 g/mol. The first-order chi connectivity index (χ1) is 22.5. The van der Waals surface area contributed by atoms with Crippen LogP contribution in [0.25, 0.3) is 12.2 Å². The molecule has 8 N–H and O–H groups in total. The number of rotatable bonds is 17. The van der Waals surface area contributed by atoms with E-state index in [-0.39, 0.29) is 12.2 Å². The molecule has 2 aromatic rings. The van der Waals surface area contributed by atoms with Crippen LogP contribution in [0.15, 0.2) is 49.1 Å². The molecule has 0 amide bonds. The van der Waals surface area contributed by atoms with Gasteiger partial charge in [-0.25, -0.2) is 9.59 Å². The maximum Gasteiger partial charge on any atom is 0.335 e. The molecule has 6 atom stereocenters. The molecule has 2 aromatic heterocycles. The van der Waals surface area contributed by atoms with Crippen molar-refractivity contribution in [1.82, 2.24) is 20.6 Å². The van der Waals surface area contributed by atoms with E-state index in [1.165, 1.54) is 0 Å². The molecular formula is C34H54N4O10.